The Labute approximate surface area is 162 Å². The van der Waals surface area contributed by atoms with Crippen molar-refractivity contribution >= 4 is 29.5 Å². The van der Waals surface area contributed by atoms with E-state index in [1.165, 1.54) is 6.92 Å². The molecule has 11 heteroatoms. The highest BCUT2D eigenvalue weighted by molar-refractivity contribution is 6.07. The number of unbranched alkanes of at least 4 members (excludes halogenated alkanes) is 1. The van der Waals surface area contributed by atoms with E-state index in [1.807, 2.05) is 0 Å². The lowest BCUT2D eigenvalue weighted by atomic mass is 9.94. The lowest BCUT2D eigenvalue weighted by molar-refractivity contribution is -0.151. The van der Waals surface area contributed by atoms with E-state index in [9.17, 15) is 29.1 Å². The molecule has 1 rings (SSSR count). The number of hydrogen-bond acceptors (Lipinski definition) is 7. The van der Waals surface area contributed by atoms with E-state index in [1.54, 1.807) is 0 Å². The van der Waals surface area contributed by atoms with Gasteiger partial charge in [-0.25, -0.2) is 4.79 Å². The van der Waals surface area contributed by atoms with E-state index >= 15 is 0 Å². The molecular weight excluding hydrogens is 372 g/mol. The van der Waals surface area contributed by atoms with E-state index in [2.05, 4.69) is 5.32 Å². The number of rotatable bonds is 12. The second kappa shape index (κ2) is 10.7. The first kappa shape index (κ1) is 23.5. The summed E-state index contributed by atoms with van der Waals surface area (Å²) in [5, 5.41) is 20.7. The van der Waals surface area contributed by atoms with Gasteiger partial charge < -0.3 is 31.9 Å². The average Bonchev–Trinajstić information content (AvgIpc) is 2.97. The van der Waals surface area contributed by atoms with Gasteiger partial charge in [0.15, 0.2) is 5.78 Å². The van der Waals surface area contributed by atoms with Crippen LogP contribution in [0.2, 0.25) is 0 Å². The summed E-state index contributed by atoms with van der Waals surface area (Å²) in [7, 11) is 0. The lowest BCUT2D eigenvalue weighted by Crippen LogP contribution is -2.51. The minimum absolute atomic E-state index is 0.0580. The van der Waals surface area contributed by atoms with Crippen molar-refractivity contribution < 1.29 is 34.2 Å². The van der Waals surface area contributed by atoms with Gasteiger partial charge >= 0.3 is 11.9 Å². The summed E-state index contributed by atoms with van der Waals surface area (Å²) < 4.78 is 0. The zero-order chi connectivity index (χ0) is 21.4. The van der Waals surface area contributed by atoms with Gasteiger partial charge in [0.2, 0.25) is 11.8 Å². The fourth-order valence-electron chi connectivity index (χ4n) is 3.11. The van der Waals surface area contributed by atoms with Crippen LogP contribution < -0.4 is 16.8 Å². The number of carbonyl (C=O) groups is 5. The molecule has 0 aromatic heterocycles. The zero-order valence-electron chi connectivity index (χ0n) is 15.8. The molecule has 7 N–H and O–H groups in total. The van der Waals surface area contributed by atoms with Crippen LogP contribution in [0.1, 0.15) is 39.0 Å². The smallest absolute Gasteiger partial charge is 0.326 e. The van der Waals surface area contributed by atoms with Crippen LogP contribution in [0.3, 0.4) is 0 Å². The third-order valence-corrected chi connectivity index (χ3v) is 4.63. The number of amides is 2. The van der Waals surface area contributed by atoms with Crippen molar-refractivity contribution in [2.75, 3.05) is 13.1 Å². The lowest BCUT2D eigenvalue weighted by Gasteiger charge is -2.25. The van der Waals surface area contributed by atoms with Crippen LogP contribution in [0.15, 0.2) is 0 Å². The van der Waals surface area contributed by atoms with Gasteiger partial charge in [0.25, 0.3) is 0 Å². The van der Waals surface area contributed by atoms with Crippen LogP contribution in [0.25, 0.3) is 0 Å². The summed E-state index contributed by atoms with van der Waals surface area (Å²) in [5.41, 5.74) is 10.8. The van der Waals surface area contributed by atoms with Crippen LogP contribution in [0.4, 0.5) is 0 Å². The monoisotopic (exact) mass is 400 g/mol. The molecule has 158 valence electrons. The third kappa shape index (κ3) is 6.27. The van der Waals surface area contributed by atoms with Gasteiger partial charge in [-0.15, -0.1) is 0 Å². The molecule has 1 aliphatic rings. The Bertz CT molecular complexity index is 623. The number of aliphatic carboxylic acids is 2. The van der Waals surface area contributed by atoms with Crippen LogP contribution in [0, 0.1) is 5.92 Å². The maximum absolute atomic E-state index is 12.7. The van der Waals surface area contributed by atoms with Crippen molar-refractivity contribution in [1.29, 1.82) is 0 Å². The number of nitrogens with one attached hydrogen (secondary N) is 1. The predicted octanol–water partition coefficient (Wildman–Crippen LogP) is -1.71. The highest BCUT2D eigenvalue weighted by Crippen LogP contribution is 2.25. The number of ketones is 1. The molecule has 0 saturated carbocycles. The van der Waals surface area contributed by atoms with Gasteiger partial charge in [-0.05, 0) is 39.2 Å². The van der Waals surface area contributed by atoms with Crippen LogP contribution in [-0.4, -0.2) is 75.9 Å². The number of nitrogens with zero attached hydrogens (tertiary/aromatic N) is 1. The Hall–Kier alpha value is -2.53. The molecule has 0 aromatic carbocycles. The molecule has 0 aliphatic carbocycles. The highest BCUT2D eigenvalue weighted by atomic mass is 16.4. The van der Waals surface area contributed by atoms with E-state index in [0.29, 0.717) is 19.4 Å². The quantitative estimate of drug-likeness (QED) is 0.187. The minimum atomic E-state index is -1.41. The summed E-state index contributed by atoms with van der Waals surface area (Å²) in [4.78, 5) is 60.9. The number of Topliss-reactive ketones (excluding diaryl/α,β-unsaturated/α-hetero) is 1. The second-order valence-corrected chi connectivity index (χ2v) is 6.86. The largest absolute Gasteiger partial charge is 0.481 e. The topological polar surface area (TPSA) is 193 Å². The summed E-state index contributed by atoms with van der Waals surface area (Å²) in [6.45, 7) is 1.84. The van der Waals surface area contributed by atoms with E-state index in [-0.39, 0.29) is 19.4 Å². The third-order valence-electron chi connectivity index (χ3n) is 4.63. The summed E-state index contributed by atoms with van der Waals surface area (Å²) in [6, 6.07) is -3.45. The molecule has 1 fully saturated rings. The molecule has 4 atom stereocenters. The molecule has 1 heterocycles. The van der Waals surface area contributed by atoms with Gasteiger partial charge in [0.1, 0.15) is 12.0 Å². The summed E-state index contributed by atoms with van der Waals surface area (Å²) in [6.07, 6.45) is 0.696. The first-order valence-corrected chi connectivity index (χ1v) is 9.15. The second-order valence-electron chi connectivity index (χ2n) is 6.86. The minimum Gasteiger partial charge on any atom is -0.481 e. The molecule has 0 radical (unpaired) electrons. The van der Waals surface area contributed by atoms with E-state index in [0.717, 1.165) is 4.90 Å². The van der Waals surface area contributed by atoms with Gasteiger partial charge in [0.05, 0.1) is 18.5 Å². The van der Waals surface area contributed by atoms with Gasteiger partial charge in [-0.3, -0.25) is 19.2 Å². The molecule has 0 bridgehead atoms. The van der Waals surface area contributed by atoms with Crippen molar-refractivity contribution in [2.45, 2.75) is 57.2 Å². The SMILES string of the molecule is C[C@H](N)C(=O)N[C@@H](CC(=O)O)C(=O)[C@H]1CCN([C@@H](CCCCN)C(=O)O)C1=O. The van der Waals surface area contributed by atoms with Gasteiger partial charge in [-0.2, -0.15) is 0 Å². The molecule has 1 saturated heterocycles. The number of nitrogens with two attached hydrogens (primary N) is 2. The normalized spacial score (nSPS) is 19.8. The van der Waals surface area contributed by atoms with Crippen molar-refractivity contribution in [2.24, 2.45) is 17.4 Å². The predicted molar refractivity (Wildman–Crippen MR) is 97.0 cm³/mol. The summed E-state index contributed by atoms with van der Waals surface area (Å²) in [5.74, 6) is -5.84. The molecule has 1 aliphatic heterocycles. The average molecular weight is 400 g/mol. The Balaban J connectivity index is 2.91. The maximum atomic E-state index is 12.7. The Morgan fingerprint density at radius 2 is 1.89 bits per heavy atom. The molecule has 0 unspecified atom stereocenters. The standard InChI is InChI=1S/C17H28N4O7/c1-9(19)15(25)20-11(8-13(22)23)14(24)10-5-7-21(16(10)26)12(17(27)28)4-2-3-6-18/h9-12H,2-8,18-19H2,1H3,(H,20,25)(H,22,23)(H,27,28)/t9-,10+,11-,12-/m0/s1. The first-order chi connectivity index (χ1) is 13.1. The Kier molecular flexibility index (Phi) is 9.00. The van der Waals surface area contributed by atoms with Gasteiger partial charge in [-0.1, -0.05) is 0 Å². The first-order valence-electron chi connectivity index (χ1n) is 9.15. The number of carboxylic acid groups (broad SMARTS) is 2. The zero-order valence-corrected chi connectivity index (χ0v) is 15.8. The summed E-state index contributed by atoms with van der Waals surface area (Å²) >= 11 is 0. The molecule has 11 nitrogen and oxygen atoms in total. The van der Waals surface area contributed by atoms with Crippen LogP contribution in [-0.2, 0) is 24.0 Å². The molecule has 0 spiro atoms. The number of carbonyl (C=O) groups excluding carboxylic acids is 3. The number of hydrogen-bond donors (Lipinski definition) is 5. The van der Waals surface area contributed by atoms with Crippen molar-refractivity contribution in [1.82, 2.24) is 10.2 Å². The number of carboxylic acids is 2. The van der Waals surface area contributed by atoms with Gasteiger partial charge in [0, 0.05) is 6.54 Å². The van der Waals surface area contributed by atoms with E-state index < -0.39 is 60.0 Å². The molecular formula is C17H28N4O7. The van der Waals surface area contributed by atoms with Crippen molar-refractivity contribution in [3.63, 3.8) is 0 Å². The van der Waals surface area contributed by atoms with Crippen molar-refractivity contribution in [3.8, 4) is 0 Å². The van der Waals surface area contributed by atoms with Crippen LogP contribution in [0.5, 0.6) is 0 Å². The molecule has 28 heavy (non-hydrogen) atoms. The van der Waals surface area contributed by atoms with E-state index in [4.69, 9.17) is 16.6 Å². The molecule has 0 aromatic rings. The van der Waals surface area contributed by atoms with Crippen LogP contribution >= 0.6 is 0 Å². The Morgan fingerprint density at radius 1 is 1.25 bits per heavy atom. The molecule has 2 amide bonds. The maximum Gasteiger partial charge on any atom is 0.326 e. The highest BCUT2D eigenvalue weighted by Gasteiger charge is 2.44. The van der Waals surface area contributed by atoms with Crippen molar-refractivity contribution in [3.05, 3.63) is 0 Å². The fraction of sp³-hybridized carbons (Fsp3) is 0.706. The fourth-order valence-corrected chi connectivity index (χ4v) is 3.11. The number of likely N-dealkylation sites (tertiary alicyclic amines) is 1. The Morgan fingerprint density at radius 3 is 2.39 bits per heavy atom.